The molecule has 2 heterocycles. The van der Waals surface area contributed by atoms with E-state index in [0.717, 1.165) is 12.1 Å². The summed E-state index contributed by atoms with van der Waals surface area (Å²) in [6, 6.07) is 2.04. The number of hydrogen-bond donors (Lipinski definition) is 1. The summed E-state index contributed by atoms with van der Waals surface area (Å²) in [7, 11) is 0. The molecule has 0 aliphatic heterocycles. The van der Waals surface area contributed by atoms with E-state index >= 15 is 0 Å². The molecule has 15 heavy (non-hydrogen) atoms. The lowest BCUT2D eigenvalue weighted by molar-refractivity contribution is 0.420. The SMILES string of the molecule is CCNCc1noc(-c2csc(I)c2)n1. The average molecular weight is 335 g/mol. The molecule has 2 rings (SSSR count). The normalized spacial score (nSPS) is 10.8. The van der Waals surface area contributed by atoms with E-state index < -0.39 is 0 Å². The number of hydrogen-bond acceptors (Lipinski definition) is 5. The first-order chi connectivity index (χ1) is 7.29. The van der Waals surface area contributed by atoms with Crippen LogP contribution in [0.2, 0.25) is 0 Å². The summed E-state index contributed by atoms with van der Waals surface area (Å²) in [6.45, 7) is 3.60. The average Bonchev–Trinajstić information content (AvgIpc) is 2.83. The van der Waals surface area contributed by atoms with Crippen LogP contribution >= 0.6 is 33.9 Å². The largest absolute Gasteiger partial charge is 0.334 e. The van der Waals surface area contributed by atoms with Crippen LogP contribution in [0.1, 0.15) is 12.7 Å². The molecule has 0 aliphatic rings. The Hall–Kier alpha value is -0.470. The van der Waals surface area contributed by atoms with E-state index in [0.29, 0.717) is 18.3 Å². The number of rotatable bonds is 4. The molecule has 0 saturated heterocycles. The maximum Gasteiger partial charge on any atom is 0.258 e. The fourth-order valence-corrected chi connectivity index (χ4v) is 2.42. The van der Waals surface area contributed by atoms with Crippen LogP contribution in [0, 0.1) is 2.88 Å². The highest BCUT2D eigenvalue weighted by Crippen LogP contribution is 2.24. The van der Waals surface area contributed by atoms with Crippen molar-refractivity contribution in [3.8, 4) is 11.5 Å². The molecule has 0 aromatic carbocycles. The highest BCUT2D eigenvalue weighted by molar-refractivity contribution is 14.1. The molecule has 0 saturated carbocycles. The Bertz CT molecular complexity index is 440. The maximum atomic E-state index is 5.16. The second kappa shape index (κ2) is 5.04. The van der Waals surface area contributed by atoms with Gasteiger partial charge in [0.05, 0.1) is 15.0 Å². The van der Waals surface area contributed by atoms with Crippen LogP contribution in [0.4, 0.5) is 0 Å². The minimum Gasteiger partial charge on any atom is -0.334 e. The van der Waals surface area contributed by atoms with Crippen molar-refractivity contribution in [1.29, 1.82) is 0 Å². The second-order valence-corrected chi connectivity index (χ2v) is 5.74. The summed E-state index contributed by atoms with van der Waals surface area (Å²) < 4.78 is 6.38. The van der Waals surface area contributed by atoms with E-state index in [4.69, 9.17) is 4.52 Å². The molecule has 0 aliphatic carbocycles. The van der Waals surface area contributed by atoms with Crippen molar-refractivity contribution in [1.82, 2.24) is 15.5 Å². The lowest BCUT2D eigenvalue weighted by atomic mass is 10.3. The zero-order valence-corrected chi connectivity index (χ0v) is 11.1. The lowest BCUT2D eigenvalue weighted by Crippen LogP contribution is -2.12. The van der Waals surface area contributed by atoms with Crippen LogP contribution in [0.3, 0.4) is 0 Å². The second-order valence-electron chi connectivity index (χ2n) is 2.94. The van der Waals surface area contributed by atoms with Crippen molar-refractivity contribution in [3.63, 3.8) is 0 Å². The molecule has 0 amide bonds. The van der Waals surface area contributed by atoms with Crippen molar-refractivity contribution < 1.29 is 4.52 Å². The van der Waals surface area contributed by atoms with Gasteiger partial charge >= 0.3 is 0 Å². The zero-order chi connectivity index (χ0) is 10.7. The van der Waals surface area contributed by atoms with Gasteiger partial charge in [-0.15, -0.1) is 11.3 Å². The van der Waals surface area contributed by atoms with E-state index in [-0.39, 0.29) is 0 Å². The minimum absolute atomic E-state index is 0.599. The fourth-order valence-electron chi connectivity index (χ4n) is 1.10. The van der Waals surface area contributed by atoms with E-state index in [1.807, 2.05) is 18.4 Å². The first-order valence-corrected chi connectivity index (χ1v) is 6.53. The summed E-state index contributed by atoms with van der Waals surface area (Å²) in [5.74, 6) is 1.30. The molecule has 1 N–H and O–H groups in total. The molecule has 0 unspecified atom stereocenters. The number of nitrogens with one attached hydrogen (secondary N) is 1. The van der Waals surface area contributed by atoms with Crippen LogP contribution in [0.15, 0.2) is 16.0 Å². The van der Waals surface area contributed by atoms with E-state index in [1.54, 1.807) is 11.3 Å². The molecule has 0 bridgehead atoms. The lowest BCUT2D eigenvalue weighted by Gasteiger charge is -1.92. The molecule has 2 aromatic heterocycles. The highest BCUT2D eigenvalue weighted by Gasteiger charge is 2.09. The molecule has 0 fully saturated rings. The minimum atomic E-state index is 0.599. The van der Waals surface area contributed by atoms with Crippen LogP contribution in [0.25, 0.3) is 11.5 Å². The van der Waals surface area contributed by atoms with Gasteiger partial charge in [-0.25, -0.2) is 0 Å². The Balaban J connectivity index is 2.13. The zero-order valence-electron chi connectivity index (χ0n) is 8.16. The number of nitrogens with zero attached hydrogens (tertiary/aromatic N) is 2. The predicted octanol–water partition coefficient (Wildman–Crippen LogP) is 2.51. The third kappa shape index (κ3) is 2.76. The molecular formula is C9H10IN3OS. The van der Waals surface area contributed by atoms with Gasteiger partial charge < -0.3 is 9.84 Å². The Morgan fingerprint density at radius 1 is 1.60 bits per heavy atom. The van der Waals surface area contributed by atoms with Crippen molar-refractivity contribution in [3.05, 3.63) is 20.2 Å². The highest BCUT2D eigenvalue weighted by atomic mass is 127. The smallest absolute Gasteiger partial charge is 0.258 e. The van der Waals surface area contributed by atoms with Crippen LogP contribution in [0.5, 0.6) is 0 Å². The Morgan fingerprint density at radius 3 is 3.13 bits per heavy atom. The summed E-state index contributed by atoms with van der Waals surface area (Å²) >= 11 is 3.94. The van der Waals surface area contributed by atoms with Crippen molar-refractivity contribution >= 4 is 33.9 Å². The summed E-state index contributed by atoms with van der Waals surface area (Å²) in [5.41, 5.74) is 1.000. The number of aromatic nitrogens is 2. The Morgan fingerprint density at radius 2 is 2.47 bits per heavy atom. The van der Waals surface area contributed by atoms with E-state index in [9.17, 15) is 0 Å². The van der Waals surface area contributed by atoms with Gasteiger partial charge in [0, 0.05) is 5.38 Å². The molecule has 2 aromatic rings. The van der Waals surface area contributed by atoms with Crippen LogP contribution in [-0.2, 0) is 6.54 Å². The first-order valence-electron chi connectivity index (χ1n) is 4.57. The number of halogens is 1. The van der Waals surface area contributed by atoms with E-state index in [1.165, 1.54) is 2.88 Å². The monoisotopic (exact) mass is 335 g/mol. The van der Waals surface area contributed by atoms with Crippen molar-refractivity contribution in [2.24, 2.45) is 0 Å². The van der Waals surface area contributed by atoms with Gasteiger partial charge in [0.15, 0.2) is 5.82 Å². The van der Waals surface area contributed by atoms with Crippen molar-refractivity contribution in [2.45, 2.75) is 13.5 Å². The van der Waals surface area contributed by atoms with Gasteiger partial charge in [-0.05, 0) is 35.2 Å². The van der Waals surface area contributed by atoms with Gasteiger partial charge in [0.2, 0.25) is 0 Å². The van der Waals surface area contributed by atoms with Gasteiger partial charge in [-0.1, -0.05) is 12.1 Å². The van der Waals surface area contributed by atoms with Crippen molar-refractivity contribution in [2.75, 3.05) is 6.54 Å². The summed E-state index contributed by atoms with van der Waals surface area (Å²) in [4.78, 5) is 4.29. The van der Waals surface area contributed by atoms with Crippen LogP contribution in [-0.4, -0.2) is 16.7 Å². The van der Waals surface area contributed by atoms with Crippen LogP contribution < -0.4 is 5.32 Å². The molecular weight excluding hydrogens is 325 g/mol. The molecule has 6 heteroatoms. The predicted molar refractivity (Wildman–Crippen MR) is 67.7 cm³/mol. The van der Waals surface area contributed by atoms with Gasteiger partial charge in [0.1, 0.15) is 0 Å². The Kier molecular flexibility index (Phi) is 3.71. The molecule has 4 nitrogen and oxygen atoms in total. The molecule has 80 valence electrons. The molecule has 0 radical (unpaired) electrons. The topological polar surface area (TPSA) is 51.0 Å². The van der Waals surface area contributed by atoms with Gasteiger partial charge in [0.25, 0.3) is 5.89 Å². The van der Waals surface area contributed by atoms with E-state index in [2.05, 4.69) is 38.0 Å². The quantitative estimate of drug-likeness (QED) is 0.873. The number of thiophene rings is 1. The van der Waals surface area contributed by atoms with Gasteiger partial charge in [-0.3, -0.25) is 0 Å². The maximum absolute atomic E-state index is 5.16. The first kappa shape index (κ1) is 11.0. The third-order valence-corrected chi connectivity index (χ3v) is 3.60. The Labute approximate surface area is 105 Å². The fraction of sp³-hybridized carbons (Fsp3) is 0.333. The standard InChI is InChI=1S/C9H10IN3OS/c1-2-11-4-8-12-9(14-13-8)6-3-7(10)15-5-6/h3,5,11H,2,4H2,1H3. The molecule has 0 atom stereocenters. The molecule has 0 spiro atoms. The summed E-state index contributed by atoms with van der Waals surface area (Å²) in [5, 5.41) is 9.06. The van der Waals surface area contributed by atoms with Gasteiger partial charge in [-0.2, -0.15) is 4.98 Å². The third-order valence-electron chi connectivity index (χ3n) is 1.82. The summed E-state index contributed by atoms with van der Waals surface area (Å²) in [6.07, 6.45) is 0.